The molecule has 0 atom stereocenters. The number of nitrogens with zero attached hydrogens (tertiary/aromatic N) is 5. The molecule has 0 fully saturated rings. The van der Waals surface area contributed by atoms with Crippen molar-refractivity contribution in [2.75, 3.05) is 24.9 Å². The number of amides is 2. The zero-order valence-corrected chi connectivity index (χ0v) is 35.2. The Morgan fingerprint density at radius 2 is 1.00 bits per heavy atom. The van der Waals surface area contributed by atoms with Gasteiger partial charge in [0.15, 0.2) is 17.2 Å². The zero-order chi connectivity index (χ0) is 46.8. The maximum absolute atomic E-state index is 13.9. The lowest BCUT2D eigenvalue weighted by Crippen LogP contribution is -3.00. The fraction of sp³-hybridized carbons (Fsp3) is 0.190. The average molecular weight is 922 g/mol. The number of benzene rings is 4. The summed E-state index contributed by atoms with van der Waals surface area (Å²) >= 11 is 0. The number of anilines is 2. The molecule has 0 radical (unpaired) electrons. The van der Waals surface area contributed by atoms with Gasteiger partial charge in [0.05, 0.1) is 23.9 Å². The molecule has 6 rings (SSSR count). The van der Waals surface area contributed by atoms with Crippen LogP contribution < -0.4 is 28.9 Å². The Morgan fingerprint density at radius 1 is 0.641 bits per heavy atom. The number of hydrogen-bond donors (Lipinski definition) is 3. The number of Topliss-reactive ketones (excluding diaryl/α,β-unsaturated/α-hetero) is 1. The molecule has 4 N–H and O–H groups in total. The lowest BCUT2D eigenvalue weighted by molar-refractivity contribution is -0.142. The van der Waals surface area contributed by atoms with Gasteiger partial charge in [-0.15, -0.1) is 0 Å². The molecule has 0 unspecified atom stereocenters. The first-order valence-electron chi connectivity index (χ1n) is 18.0. The van der Waals surface area contributed by atoms with Gasteiger partial charge in [-0.05, 0) is 66.9 Å². The molecule has 4 aromatic carbocycles. The molecule has 0 aliphatic rings. The van der Waals surface area contributed by atoms with E-state index in [-0.39, 0.29) is 35.1 Å². The Balaban J connectivity index is 0.000000317. The highest BCUT2D eigenvalue weighted by Gasteiger charge is 2.40. The monoisotopic (exact) mass is 921 g/mol. The Bertz CT molecular complexity index is 2610. The summed E-state index contributed by atoms with van der Waals surface area (Å²) in [6.45, 7) is 3.15. The number of aryl methyl sites for hydroxylation is 2. The van der Waals surface area contributed by atoms with E-state index in [9.17, 15) is 49.5 Å². The van der Waals surface area contributed by atoms with Crippen LogP contribution >= 0.6 is 0 Å². The van der Waals surface area contributed by atoms with Gasteiger partial charge in [-0.2, -0.15) is 36.5 Å². The van der Waals surface area contributed by atoms with Crippen molar-refractivity contribution < 1.29 is 71.6 Å². The van der Waals surface area contributed by atoms with E-state index in [0.29, 0.717) is 28.0 Å². The molecule has 22 heteroatoms. The first-order chi connectivity index (χ1) is 29.6. The third-order valence-corrected chi connectivity index (χ3v) is 8.59. The lowest BCUT2D eigenvalue weighted by atomic mass is 10.0. The summed E-state index contributed by atoms with van der Waals surface area (Å²) in [5.74, 6) is 1.00. The smallest absolute Gasteiger partial charge is 0.435 e. The number of aromatic nitrogens is 4. The summed E-state index contributed by atoms with van der Waals surface area (Å²) in [5.41, 5.74) is -0.212. The van der Waals surface area contributed by atoms with Crippen LogP contribution in [0.2, 0.25) is 0 Å². The van der Waals surface area contributed by atoms with Gasteiger partial charge in [0.25, 0.3) is 11.8 Å². The quantitative estimate of drug-likeness (QED) is 0.0680. The number of nitrogens with one attached hydrogen (secondary N) is 2. The second kappa shape index (κ2) is 21.9. The molecule has 6 aromatic rings. The Hall–Kier alpha value is -6.97. The Labute approximate surface area is 366 Å². The van der Waals surface area contributed by atoms with E-state index >= 15 is 0 Å². The topological polar surface area (TPSA) is 168 Å². The number of rotatable bonds is 9. The minimum atomic E-state index is -4.80. The summed E-state index contributed by atoms with van der Waals surface area (Å²) in [7, 11) is 5.38. The van der Waals surface area contributed by atoms with Crippen LogP contribution in [0.4, 0.5) is 46.5 Å². The van der Waals surface area contributed by atoms with Crippen LogP contribution in [0.15, 0.2) is 102 Å². The molecule has 0 aliphatic heterocycles. The van der Waals surface area contributed by atoms with E-state index in [2.05, 4.69) is 36.7 Å². The van der Waals surface area contributed by atoms with Gasteiger partial charge in [0, 0.05) is 54.6 Å². The number of nitrogens with two attached hydrogens (primary N) is 1. The van der Waals surface area contributed by atoms with Crippen LogP contribution in [0.3, 0.4) is 0 Å². The van der Waals surface area contributed by atoms with Crippen molar-refractivity contribution in [3.05, 3.63) is 143 Å². The van der Waals surface area contributed by atoms with Gasteiger partial charge in [0.1, 0.15) is 18.7 Å². The van der Waals surface area contributed by atoms with Gasteiger partial charge >= 0.3 is 12.4 Å². The first kappa shape index (κ1) is 51.4. The highest BCUT2D eigenvalue weighted by molar-refractivity contribution is 6.08. The maximum Gasteiger partial charge on any atom is 0.435 e. The third-order valence-electron chi connectivity index (χ3n) is 8.59. The fourth-order valence-electron chi connectivity index (χ4n) is 5.80. The van der Waals surface area contributed by atoms with Crippen molar-refractivity contribution >= 4 is 34.7 Å². The number of carbonyl (C=O) groups excluding carboxylic acids is 3. The molecule has 340 valence electrons. The van der Waals surface area contributed by atoms with Crippen LogP contribution in [-0.2, 0) is 36.1 Å². The van der Waals surface area contributed by atoms with E-state index in [1.54, 1.807) is 43.3 Å². The van der Waals surface area contributed by atoms with E-state index in [0.717, 1.165) is 45.5 Å². The third kappa shape index (κ3) is 13.3. The molecule has 0 saturated heterocycles. The maximum atomic E-state index is 13.9. The van der Waals surface area contributed by atoms with E-state index in [4.69, 9.17) is 4.84 Å². The van der Waals surface area contributed by atoms with Crippen molar-refractivity contribution in [1.82, 2.24) is 19.6 Å². The molecular formula is C42H38ClF8N8O5-. The minimum absolute atomic E-state index is 0. The van der Waals surface area contributed by atoms with E-state index < -0.39 is 58.3 Å². The van der Waals surface area contributed by atoms with Crippen molar-refractivity contribution in [2.45, 2.75) is 26.2 Å². The molecule has 13 nitrogen and oxygen atoms in total. The SMILES string of the molecule is CC(=O)c1ccc(-c2cc(F)ccc2NC(=O)c2cn(C)nc2C(F)(F)F)cc1.CO/N=C(\C)c1ccc(-c2cc(F)ccc2NC(=O)c2cn(C)nc2C(F)(F)F)cc1.CON.[Cl-]. The van der Waals surface area contributed by atoms with Crippen molar-refractivity contribution in [3.8, 4) is 22.3 Å². The number of ketones is 1. The standard InChI is InChI=1S/C21H18F4N4O2.C20H15F4N3O2.CH5NO.ClH/c1-12(28-31-3)13-4-6-14(7-5-13)16-10-15(22)8-9-18(16)26-20(30)17-11-29(2)27-19(17)21(23,24)25;1-11(28)12-3-5-13(6-4-12)15-9-14(21)7-8-17(15)25-19(29)16-10-27(2)26-18(16)20(22,23)24;1-3-2;/h4-11H,1-3H3,(H,26,30);3-10H,1-2H3,(H,25,29);2H2,1H3;1H/p-1/b28-12+;;;. The molecule has 2 heterocycles. The normalized spacial score (nSPS) is 11.3. The van der Waals surface area contributed by atoms with Gasteiger partial charge in [-0.3, -0.25) is 23.7 Å². The van der Waals surface area contributed by atoms with Crippen LogP contribution in [0.5, 0.6) is 0 Å². The van der Waals surface area contributed by atoms with Gasteiger partial charge < -0.3 is 32.7 Å². The highest BCUT2D eigenvalue weighted by Crippen LogP contribution is 2.35. The number of alkyl halides is 6. The molecule has 0 aliphatic carbocycles. The highest BCUT2D eigenvalue weighted by atomic mass is 35.5. The van der Waals surface area contributed by atoms with Crippen LogP contribution in [0.25, 0.3) is 22.3 Å². The predicted octanol–water partition coefficient (Wildman–Crippen LogP) is 6.08. The summed E-state index contributed by atoms with van der Waals surface area (Å²) < 4.78 is 108. The Kier molecular flexibility index (Phi) is 17.6. The molecule has 64 heavy (non-hydrogen) atoms. The Morgan fingerprint density at radius 3 is 1.33 bits per heavy atom. The second-order valence-corrected chi connectivity index (χ2v) is 13.2. The van der Waals surface area contributed by atoms with Crippen LogP contribution in [0, 0.1) is 11.6 Å². The van der Waals surface area contributed by atoms with E-state index in [1.165, 1.54) is 65.6 Å². The summed E-state index contributed by atoms with van der Waals surface area (Å²) in [5, 5.41) is 15.3. The number of halogens is 9. The molecule has 0 spiro atoms. The number of hydrogen-bond acceptors (Lipinski definition) is 9. The fourth-order valence-corrected chi connectivity index (χ4v) is 5.80. The van der Waals surface area contributed by atoms with Gasteiger partial charge in [0.2, 0.25) is 0 Å². The first-order valence-corrected chi connectivity index (χ1v) is 18.0. The second-order valence-electron chi connectivity index (χ2n) is 13.2. The average Bonchev–Trinajstić information content (AvgIpc) is 3.83. The van der Waals surface area contributed by atoms with Gasteiger partial charge in [-0.25, -0.2) is 14.7 Å². The minimum Gasteiger partial charge on any atom is -1.00 e. The van der Waals surface area contributed by atoms with Crippen LogP contribution in [0.1, 0.15) is 61.9 Å². The van der Waals surface area contributed by atoms with Crippen molar-refractivity contribution in [3.63, 3.8) is 0 Å². The van der Waals surface area contributed by atoms with Crippen molar-refractivity contribution in [1.29, 1.82) is 0 Å². The van der Waals surface area contributed by atoms with E-state index in [1.807, 2.05) is 0 Å². The number of oxime groups is 1. The van der Waals surface area contributed by atoms with Crippen molar-refractivity contribution in [2.24, 2.45) is 25.1 Å². The summed E-state index contributed by atoms with van der Waals surface area (Å²) in [4.78, 5) is 45.0. The molecule has 2 aromatic heterocycles. The van der Waals surface area contributed by atoms with Crippen LogP contribution in [-0.4, -0.2) is 57.1 Å². The lowest BCUT2D eigenvalue weighted by Gasteiger charge is -2.13. The molecule has 0 saturated carbocycles. The number of carbonyl (C=O) groups is 3. The molecule has 2 amide bonds. The zero-order valence-electron chi connectivity index (χ0n) is 34.5. The molecule has 0 bridgehead atoms. The largest absolute Gasteiger partial charge is 1.00 e. The summed E-state index contributed by atoms with van der Waals surface area (Å²) in [6.07, 6.45) is -7.66. The summed E-state index contributed by atoms with van der Waals surface area (Å²) in [6, 6.07) is 20.1. The molecular weight excluding hydrogens is 884 g/mol. The van der Waals surface area contributed by atoms with Gasteiger partial charge in [-0.1, -0.05) is 53.7 Å². The predicted molar refractivity (Wildman–Crippen MR) is 216 cm³/mol.